The maximum absolute atomic E-state index is 13.7. The Kier molecular flexibility index (Phi) is 40.9. The first-order valence-electron chi connectivity index (χ1n) is 32.3. The van der Waals surface area contributed by atoms with Crippen molar-refractivity contribution in [3.8, 4) is 34.5 Å². The number of nitrogens with zero attached hydrogens (tertiary/aromatic N) is 3. The summed E-state index contributed by atoms with van der Waals surface area (Å²) in [6, 6.07) is 17.2. The van der Waals surface area contributed by atoms with Gasteiger partial charge in [-0.25, -0.2) is 4.68 Å². The first-order chi connectivity index (χ1) is 40.5. The second-order valence-electron chi connectivity index (χ2n) is 22.2. The third kappa shape index (κ3) is 35.1. The summed E-state index contributed by atoms with van der Waals surface area (Å²) in [6.45, 7) is 3.95. The Morgan fingerprint density at radius 1 is 0.317 bits per heavy atom. The van der Waals surface area contributed by atoms with Gasteiger partial charge in [-0.05, 0) is 98.9 Å². The predicted octanol–water partition coefficient (Wildman–Crippen LogP) is 15.3. The Morgan fingerprint density at radius 3 is 0.805 bits per heavy atom. The molecule has 0 saturated heterocycles. The summed E-state index contributed by atoms with van der Waals surface area (Å²) >= 11 is 0. The highest BCUT2D eigenvalue weighted by Gasteiger charge is 2.14. The van der Waals surface area contributed by atoms with Gasteiger partial charge in [-0.2, -0.15) is 0 Å². The summed E-state index contributed by atoms with van der Waals surface area (Å²) in [5, 5.41) is 43.9. The number of carbonyl (C=O) groups is 1. The number of aromatic nitrogens is 3. The van der Waals surface area contributed by atoms with Crippen LogP contribution in [0, 0.1) is 0 Å². The standard InChI is InChI=1S/C67H108N4O11/c72-37-29-21-13-5-1-9-17-25-33-41-77-61-45-58(46-62(51-61)78-42-34-26-18-10-2-6-14-22-30-38-73)54-81-65-49-60(67(76)70-71-56-68-69-57-71)50-66(53-65)82-55-59-47-63(79-43-35-27-19-11-3-7-15-23-31-39-74)52-64(48-59)80-44-36-28-20-12-4-8-16-24-32-40-75/h45-53,56-57,72-75H,1-44,54-55H2,(H,70,76). The highest BCUT2D eigenvalue weighted by Crippen LogP contribution is 2.30. The van der Waals surface area contributed by atoms with E-state index < -0.39 is 0 Å². The fourth-order valence-corrected chi connectivity index (χ4v) is 9.97. The lowest BCUT2D eigenvalue weighted by atomic mass is 10.1. The Balaban J connectivity index is 1.43. The van der Waals surface area contributed by atoms with Crippen LogP contribution in [0.15, 0.2) is 67.3 Å². The molecule has 1 heterocycles. The molecule has 0 aliphatic carbocycles. The van der Waals surface area contributed by atoms with Crippen molar-refractivity contribution in [2.45, 2.75) is 244 Å². The molecule has 0 aliphatic rings. The smallest absolute Gasteiger partial charge is 0.270 e. The molecule has 462 valence electrons. The number of amides is 1. The fourth-order valence-electron chi connectivity index (χ4n) is 9.97. The SMILES string of the molecule is O=C(Nn1cnnc1)c1cc(OCc2cc(OCCCCCCCCCCCO)cc(OCCCCCCCCCCCO)c2)cc(OCc2cc(OCCCCCCCCCCCO)cc(OCCCCCCCCCCCO)c2)c1. The van der Waals surface area contributed by atoms with Crippen LogP contribution in [0.4, 0.5) is 0 Å². The molecule has 15 heteroatoms. The van der Waals surface area contributed by atoms with Crippen molar-refractivity contribution in [2.24, 2.45) is 0 Å². The second kappa shape index (κ2) is 48.3. The predicted molar refractivity (Wildman–Crippen MR) is 328 cm³/mol. The van der Waals surface area contributed by atoms with E-state index in [2.05, 4.69) is 15.6 Å². The van der Waals surface area contributed by atoms with E-state index in [-0.39, 0.29) is 45.5 Å². The molecule has 4 rings (SSSR count). The van der Waals surface area contributed by atoms with E-state index in [0.717, 1.165) is 137 Å². The lowest BCUT2D eigenvalue weighted by molar-refractivity contribution is 0.101. The van der Waals surface area contributed by atoms with Gasteiger partial charge in [0.15, 0.2) is 0 Å². The molecule has 0 saturated carbocycles. The van der Waals surface area contributed by atoms with Crippen molar-refractivity contribution in [1.82, 2.24) is 14.9 Å². The number of hydrogen-bond acceptors (Lipinski definition) is 13. The fraction of sp³-hybridized carbons (Fsp3) is 0.687. The summed E-state index contributed by atoms with van der Waals surface area (Å²) in [7, 11) is 0. The van der Waals surface area contributed by atoms with Gasteiger partial charge in [0.05, 0.1) is 26.4 Å². The molecule has 15 nitrogen and oxygen atoms in total. The number of rotatable bonds is 56. The van der Waals surface area contributed by atoms with Crippen LogP contribution in [0.25, 0.3) is 0 Å². The third-order valence-electron chi connectivity index (χ3n) is 14.8. The van der Waals surface area contributed by atoms with Crippen molar-refractivity contribution in [3.05, 3.63) is 83.9 Å². The normalized spacial score (nSPS) is 11.3. The van der Waals surface area contributed by atoms with E-state index in [1.54, 1.807) is 18.2 Å². The number of unbranched alkanes of at least 4 members (excludes halogenated alkanes) is 32. The molecular weight excluding hydrogens is 1040 g/mol. The molecule has 1 aromatic heterocycles. The molecule has 5 N–H and O–H groups in total. The van der Waals surface area contributed by atoms with Crippen molar-refractivity contribution in [2.75, 3.05) is 58.3 Å². The van der Waals surface area contributed by atoms with Crippen molar-refractivity contribution in [3.63, 3.8) is 0 Å². The summed E-state index contributed by atoms with van der Waals surface area (Å²) in [6.07, 6.45) is 43.3. The number of hydrogen-bond donors (Lipinski definition) is 5. The van der Waals surface area contributed by atoms with Crippen LogP contribution in [0.3, 0.4) is 0 Å². The summed E-state index contributed by atoms with van der Waals surface area (Å²) in [5.41, 5.74) is 4.88. The van der Waals surface area contributed by atoms with Crippen LogP contribution >= 0.6 is 0 Å². The first-order valence-corrected chi connectivity index (χ1v) is 32.3. The second-order valence-corrected chi connectivity index (χ2v) is 22.2. The average molecular weight is 1150 g/mol. The zero-order chi connectivity index (χ0) is 58.0. The first kappa shape index (κ1) is 69.4. The number of ether oxygens (including phenoxy) is 6. The van der Waals surface area contributed by atoms with Crippen molar-refractivity contribution in [1.29, 1.82) is 0 Å². The van der Waals surface area contributed by atoms with E-state index in [1.165, 1.54) is 146 Å². The largest absolute Gasteiger partial charge is 0.493 e. The molecule has 4 aromatic rings. The number of benzene rings is 3. The number of aliphatic hydroxyl groups excluding tert-OH is 4. The van der Waals surface area contributed by atoms with Crippen LogP contribution in [-0.4, -0.2) is 94.1 Å². The van der Waals surface area contributed by atoms with Gasteiger partial charge < -0.3 is 48.8 Å². The molecule has 0 radical (unpaired) electrons. The van der Waals surface area contributed by atoms with E-state index in [9.17, 15) is 4.79 Å². The van der Waals surface area contributed by atoms with Gasteiger partial charge in [0, 0.05) is 50.2 Å². The molecule has 0 atom stereocenters. The molecule has 0 unspecified atom stereocenters. The summed E-state index contributed by atoms with van der Waals surface area (Å²) < 4.78 is 39.8. The monoisotopic (exact) mass is 1140 g/mol. The summed E-state index contributed by atoms with van der Waals surface area (Å²) in [4.78, 5) is 13.7. The van der Waals surface area contributed by atoms with Crippen LogP contribution in [-0.2, 0) is 13.2 Å². The number of carbonyl (C=O) groups excluding carboxylic acids is 1. The number of nitrogens with one attached hydrogen (secondary N) is 1. The van der Waals surface area contributed by atoms with Gasteiger partial charge in [0.2, 0.25) is 0 Å². The van der Waals surface area contributed by atoms with Gasteiger partial charge in [-0.3, -0.25) is 10.2 Å². The minimum Gasteiger partial charge on any atom is -0.493 e. The van der Waals surface area contributed by atoms with Crippen LogP contribution in [0.2, 0.25) is 0 Å². The minimum atomic E-state index is -0.389. The van der Waals surface area contributed by atoms with E-state index in [0.29, 0.717) is 43.5 Å². The lowest BCUT2D eigenvalue weighted by Crippen LogP contribution is -2.21. The highest BCUT2D eigenvalue weighted by molar-refractivity contribution is 6.00. The third-order valence-corrected chi connectivity index (χ3v) is 14.8. The average Bonchev–Trinajstić information content (AvgIpc) is 4.07. The van der Waals surface area contributed by atoms with Gasteiger partial charge in [0.25, 0.3) is 5.91 Å². The molecule has 0 aliphatic heterocycles. The Morgan fingerprint density at radius 2 is 0.549 bits per heavy atom. The maximum atomic E-state index is 13.7. The van der Waals surface area contributed by atoms with Crippen molar-refractivity contribution >= 4 is 5.91 Å². The highest BCUT2D eigenvalue weighted by atomic mass is 16.5. The van der Waals surface area contributed by atoms with E-state index >= 15 is 0 Å². The zero-order valence-electron chi connectivity index (χ0n) is 50.4. The van der Waals surface area contributed by atoms with E-state index in [1.807, 2.05) is 36.4 Å². The molecule has 0 spiro atoms. The van der Waals surface area contributed by atoms with Gasteiger partial charge in [-0.15, -0.1) is 10.2 Å². The van der Waals surface area contributed by atoms with Crippen molar-refractivity contribution < 1.29 is 53.6 Å². The molecule has 0 fully saturated rings. The zero-order valence-corrected chi connectivity index (χ0v) is 50.4. The van der Waals surface area contributed by atoms with Gasteiger partial charge in [0.1, 0.15) is 60.4 Å². The van der Waals surface area contributed by atoms with E-state index in [4.69, 9.17) is 48.8 Å². The van der Waals surface area contributed by atoms with Crippen LogP contribution in [0.1, 0.15) is 253 Å². The Labute approximate surface area is 493 Å². The lowest BCUT2D eigenvalue weighted by Gasteiger charge is -2.16. The number of aliphatic hydroxyl groups is 4. The molecule has 1 amide bonds. The summed E-state index contributed by atoms with van der Waals surface area (Å²) in [5.74, 6) is 3.44. The van der Waals surface area contributed by atoms with Gasteiger partial charge in [-0.1, -0.05) is 180 Å². The quantitative estimate of drug-likeness (QED) is 0.0262. The van der Waals surface area contributed by atoms with Gasteiger partial charge >= 0.3 is 0 Å². The van der Waals surface area contributed by atoms with Crippen LogP contribution < -0.4 is 33.8 Å². The maximum Gasteiger partial charge on any atom is 0.270 e. The van der Waals surface area contributed by atoms with Crippen LogP contribution in [0.5, 0.6) is 34.5 Å². The molecule has 3 aromatic carbocycles. The molecule has 0 bridgehead atoms. The minimum absolute atomic E-state index is 0.192. The Bertz CT molecular complexity index is 1930. The molecule has 82 heavy (non-hydrogen) atoms. The topological polar surface area (TPSA) is 196 Å². The Hall–Kier alpha value is -5.09. The molecular formula is C67H108N4O11.